The van der Waals surface area contributed by atoms with Crippen molar-refractivity contribution in [2.45, 2.75) is 59.4 Å². The van der Waals surface area contributed by atoms with Crippen molar-refractivity contribution < 1.29 is 71.1 Å². The average molecular weight is 842 g/mol. The number of hydrogen-bond acceptors (Lipinski definition) is 23. The Kier molecular flexibility index (Phi) is 11.7. The first-order valence-electron chi connectivity index (χ1n) is 14.7. The fourth-order valence-corrected chi connectivity index (χ4v) is 9.65. The number of aliphatic hydroxyl groups excluding tert-OH is 4. The Morgan fingerprint density at radius 2 is 1.17 bits per heavy atom. The Bertz CT molecular complexity index is 2010. The first-order valence-corrected chi connectivity index (χ1v) is 21.8. The number of phosphoric acid groups is 2. The number of nitrogens with two attached hydrogens (primary N) is 2. The van der Waals surface area contributed by atoms with E-state index in [4.69, 9.17) is 33.0 Å². The van der Waals surface area contributed by atoms with Gasteiger partial charge in [0, 0.05) is 0 Å². The van der Waals surface area contributed by atoms with Crippen LogP contribution >= 0.6 is 46.6 Å². The van der Waals surface area contributed by atoms with Crippen LogP contribution in [0.3, 0.4) is 0 Å². The highest BCUT2D eigenvalue weighted by molar-refractivity contribution is 7.98. The van der Waals surface area contributed by atoms with Gasteiger partial charge in [0.2, 0.25) is 0 Å². The zero-order chi connectivity index (χ0) is 38.6. The lowest BCUT2D eigenvalue weighted by molar-refractivity contribution is -0.0504. The minimum Gasteiger partial charge on any atom is -0.443 e. The summed E-state index contributed by atoms with van der Waals surface area (Å²) in [5.41, 5.74) is 12.5. The zero-order valence-corrected chi connectivity index (χ0v) is 31.3. The van der Waals surface area contributed by atoms with Crippen LogP contribution < -0.4 is 11.5 Å². The van der Waals surface area contributed by atoms with Crippen LogP contribution in [0.2, 0.25) is 0 Å². The van der Waals surface area contributed by atoms with Gasteiger partial charge in [-0.25, -0.2) is 43.3 Å². The molecule has 53 heavy (non-hydrogen) atoms. The number of hydrogen-bond donors (Lipinski definition) is 8. The van der Waals surface area contributed by atoms with Crippen molar-refractivity contribution in [1.29, 1.82) is 0 Å². The van der Waals surface area contributed by atoms with Gasteiger partial charge in [0.1, 0.15) is 47.7 Å². The van der Waals surface area contributed by atoms with Crippen LogP contribution in [0.5, 0.6) is 0 Å². The van der Waals surface area contributed by atoms with E-state index in [2.05, 4.69) is 43.0 Å². The normalized spacial score (nSPS) is 29.8. The molecule has 6 rings (SSSR count). The van der Waals surface area contributed by atoms with Crippen LogP contribution in [0.25, 0.3) is 22.3 Å². The van der Waals surface area contributed by atoms with Crippen molar-refractivity contribution in [3.63, 3.8) is 0 Å². The highest BCUT2D eigenvalue weighted by atomic mass is 32.2. The number of nitrogen functional groups attached to an aromatic ring is 2. The Balaban J connectivity index is 1.04. The van der Waals surface area contributed by atoms with E-state index in [1.165, 1.54) is 45.3 Å². The molecule has 6 heterocycles. The summed E-state index contributed by atoms with van der Waals surface area (Å²) in [7, 11) is -11.2. The van der Waals surface area contributed by atoms with E-state index >= 15 is 0 Å². The number of aromatic nitrogens is 8. The maximum absolute atomic E-state index is 12.8. The van der Waals surface area contributed by atoms with Gasteiger partial charge in [-0.2, -0.15) is 4.31 Å². The summed E-state index contributed by atoms with van der Waals surface area (Å²) in [6.45, 7) is -1.90. The van der Waals surface area contributed by atoms with Crippen molar-refractivity contribution in [3.8, 4) is 0 Å². The number of aliphatic hydroxyl groups is 4. The number of nitrogens with zero attached hydrogens (tertiary/aromatic N) is 8. The summed E-state index contributed by atoms with van der Waals surface area (Å²) in [6, 6.07) is 0. The molecule has 0 bridgehead atoms. The topological polar surface area (TPSA) is 367 Å². The third-order valence-electron chi connectivity index (χ3n) is 7.69. The molecule has 0 saturated carbocycles. The maximum atomic E-state index is 12.8. The number of thioether (sulfide) groups is 2. The summed E-state index contributed by atoms with van der Waals surface area (Å²) in [5.74, 6) is 0.0832. The van der Waals surface area contributed by atoms with Gasteiger partial charge >= 0.3 is 15.6 Å². The highest BCUT2D eigenvalue weighted by Crippen LogP contribution is 2.67. The van der Waals surface area contributed by atoms with Crippen LogP contribution in [0, 0.1) is 0 Å². The monoisotopic (exact) mass is 842 g/mol. The minimum absolute atomic E-state index is 0.0378. The van der Waals surface area contributed by atoms with Crippen LogP contribution in [-0.2, 0) is 40.8 Å². The molecule has 2 fully saturated rings. The van der Waals surface area contributed by atoms with E-state index in [0.717, 1.165) is 0 Å². The molecule has 0 amide bonds. The van der Waals surface area contributed by atoms with Gasteiger partial charge in [0.25, 0.3) is 0 Å². The summed E-state index contributed by atoms with van der Waals surface area (Å²) in [6.07, 6.45) is -6.53. The standard InChI is InChI=1S/C22H30BN10O15P3S2/c1-52-21-28-15(24)9-17(30-21)32(5-26-9)19-13(36)11(34)7(45-19)3-43-49(23,38)47-51(41,42)48-50(39,40)44-4-8-12(35)14(37)20(46-8)33-6-27-10-16(25)29-22(53-2)31-18(10)33/h5-8,11-14,19-20,34-37H,3-4H2,1-2H3,(H,39,40)(H,41,42)(H2,24,28,30)(H2,25,29,31)/q-1/t7-,8-,11-,12-,13-,14-,19-,20-,49+/m1/s1. The molecule has 2 unspecified atom stereocenters. The third kappa shape index (κ3) is 8.44. The van der Waals surface area contributed by atoms with Gasteiger partial charge < -0.3 is 67.8 Å². The number of imidazole rings is 2. The van der Waals surface area contributed by atoms with E-state index in [9.17, 15) is 43.9 Å². The van der Waals surface area contributed by atoms with Gasteiger partial charge in [-0.1, -0.05) is 23.5 Å². The van der Waals surface area contributed by atoms with Crippen molar-refractivity contribution in [1.82, 2.24) is 39.0 Å². The molecular formula is C22H30BN10O15P3S2-. The third-order valence-corrected chi connectivity index (χ3v) is 13.2. The van der Waals surface area contributed by atoms with Crippen molar-refractivity contribution >= 4 is 88.2 Å². The smallest absolute Gasteiger partial charge is 0.443 e. The van der Waals surface area contributed by atoms with Gasteiger partial charge in [-0.15, -0.1) is 0 Å². The molecule has 3 radical (unpaired) electrons. The van der Waals surface area contributed by atoms with Gasteiger partial charge in [-0.05, 0) is 12.5 Å². The maximum Gasteiger partial charge on any atom is 0.485 e. The number of fused-ring (bicyclic) bond motifs is 2. The largest absolute Gasteiger partial charge is 0.485 e. The Labute approximate surface area is 306 Å². The second-order valence-electron chi connectivity index (χ2n) is 11.2. The fourth-order valence-electron chi connectivity index (χ4n) is 5.26. The first kappa shape index (κ1) is 40.3. The first-order chi connectivity index (χ1) is 24.8. The average Bonchev–Trinajstić information content (AvgIpc) is 3.83. The molecule has 4 aromatic heterocycles. The lowest BCUT2D eigenvalue weighted by Gasteiger charge is -2.29. The predicted molar refractivity (Wildman–Crippen MR) is 182 cm³/mol. The van der Waals surface area contributed by atoms with Crippen molar-refractivity contribution in [2.75, 3.05) is 37.2 Å². The molecular weight excluding hydrogens is 812 g/mol. The van der Waals surface area contributed by atoms with E-state index in [0.29, 0.717) is 0 Å². The van der Waals surface area contributed by atoms with Crippen LogP contribution in [0.1, 0.15) is 12.5 Å². The summed E-state index contributed by atoms with van der Waals surface area (Å²) >= 11 is 2.35. The lowest BCUT2D eigenvalue weighted by atomic mass is 10.1. The van der Waals surface area contributed by atoms with E-state index < -0.39 is 85.4 Å². The van der Waals surface area contributed by atoms with Crippen LogP contribution in [0.15, 0.2) is 23.0 Å². The summed E-state index contributed by atoms with van der Waals surface area (Å²) in [4.78, 5) is 45.1. The number of anilines is 2. The van der Waals surface area contributed by atoms with Crippen molar-refractivity contribution in [2.24, 2.45) is 0 Å². The molecule has 10 N–H and O–H groups in total. The number of phosphoric ester groups is 1. The Morgan fingerprint density at radius 3 is 1.60 bits per heavy atom. The molecule has 25 nitrogen and oxygen atoms in total. The molecule has 0 spiro atoms. The van der Waals surface area contributed by atoms with Gasteiger partial charge in [0.15, 0.2) is 45.7 Å². The second kappa shape index (κ2) is 15.3. The predicted octanol–water partition coefficient (Wildman–Crippen LogP) is -0.943. The van der Waals surface area contributed by atoms with Gasteiger partial charge in [0.05, 0.1) is 33.3 Å². The molecule has 11 atom stereocenters. The van der Waals surface area contributed by atoms with E-state index in [1.54, 1.807) is 12.5 Å². The van der Waals surface area contributed by atoms with Crippen LogP contribution in [-0.4, -0.2) is 139 Å². The second-order valence-corrected chi connectivity index (χ2v) is 17.5. The summed E-state index contributed by atoms with van der Waals surface area (Å²) in [5, 5.41) is 43.0. The molecule has 2 saturated heterocycles. The molecule has 2 aliphatic rings. The Morgan fingerprint density at radius 1 is 0.736 bits per heavy atom. The van der Waals surface area contributed by atoms with E-state index in [1.807, 2.05) is 0 Å². The molecule has 2 aliphatic heterocycles. The summed E-state index contributed by atoms with van der Waals surface area (Å²) < 4.78 is 69.7. The molecule has 289 valence electrons. The quantitative estimate of drug-likeness (QED) is 0.0328. The SMILES string of the molecule is [B-][P@](=O)(OC[C@H]1O[C@@H](n2cnc3c(N)nc(SC)nc32)[C@H](O)[C@@H]1O)OP(=O)(O)OP(=O)(O)OC[C@H]1O[C@@H](n2cnc3c(N)nc(SC)nc32)[C@H](O)[C@@H]1O. The van der Waals surface area contributed by atoms with E-state index in [-0.39, 0.29) is 44.3 Å². The highest BCUT2D eigenvalue weighted by Gasteiger charge is 2.47. The van der Waals surface area contributed by atoms with Crippen LogP contribution in [0.4, 0.5) is 11.6 Å². The molecule has 0 aliphatic carbocycles. The number of rotatable bonds is 14. The van der Waals surface area contributed by atoms with Gasteiger partial charge in [-0.3, -0.25) is 13.7 Å². The Hall–Kier alpha value is -2.33. The fraction of sp³-hybridized carbons (Fsp3) is 0.545. The zero-order valence-electron chi connectivity index (χ0n) is 27.0. The molecule has 31 heteroatoms. The minimum atomic E-state index is -5.83. The molecule has 0 aromatic carbocycles. The van der Waals surface area contributed by atoms with Crippen molar-refractivity contribution in [3.05, 3.63) is 12.7 Å². The number of ether oxygens (including phenoxy) is 2. The molecule has 4 aromatic rings. The lowest BCUT2D eigenvalue weighted by Crippen LogP contribution is -2.33.